The van der Waals surface area contributed by atoms with Crippen LogP contribution >= 0.6 is 11.8 Å². The van der Waals surface area contributed by atoms with E-state index in [2.05, 4.69) is 11.9 Å². The number of hydrogen-bond acceptors (Lipinski definition) is 3. The van der Waals surface area contributed by atoms with Crippen LogP contribution in [-0.4, -0.2) is 35.2 Å². The van der Waals surface area contributed by atoms with Gasteiger partial charge in [0.1, 0.15) is 0 Å². The van der Waals surface area contributed by atoms with E-state index in [4.69, 9.17) is 5.11 Å². The number of amides is 1. The maximum absolute atomic E-state index is 10.7. The average molecular weight is 217 g/mol. The fraction of sp³-hybridized carbons (Fsp3) is 0.700. The lowest BCUT2D eigenvalue weighted by Crippen LogP contribution is -2.23. The molecule has 0 heterocycles. The van der Waals surface area contributed by atoms with Crippen molar-refractivity contribution in [3.8, 4) is 0 Å². The van der Waals surface area contributed by atoms with Crippen molar-refractivity contribution in [2.24, 2.45) is 0 Å². The van der Waals surface area contributed by atoms with Crippen LogP contribution in [0.1, 0.15) is 19.8 Å². The summed E-state index contributed by atoms with van der Waals surface area (Å²) in [6.45, 7) is 5.85. The SMILES string of the molecule is C=CC(=O)NCCSCCCC(C)O. The number of carbonyl (C=O) groups is 1. The number of rotatable bonds is 8. The zero-order chi connectivity index (χ0) is 10.8. The van der Waals surface area contributed by atoms with Crippen LogP contribution in [0, 0.1) is 0 Å². The molecule has 0 aliphatic rings. The maximum Gasteiger partial charge on any atom is 0.243 e. The second-order valence-electron chi connectivity index (χ2n) is 3.10. The van der Waals surface area contributed by atoms with Crippen LogP contribution in [0.4, 0.5) is 0 Å². The number of thioether (sulfide) groups is 1. The highest BCUT2D eigenvalue weighted by molar-refractivity contribution is 7.99. The molecule has 0 spiro atoms. The third-order valence-corrected chi connectivity index (χ3v) is 2.71. The predicted octanol–water partition coefficient (Wildman–Crippen LogP) is 1.18. The van der Waals surface area contributed by atoms with Gasteiger partial charge < -0.3 is 10.4 Å². The first-order valence-electron chi connectivity index (χ1n) is 4.83. The summed E-state index contributed by atoms with van der Waals surface area (Å²) in [6.07, 6.45) is 2.96. The molecule has 14 heavy (non-hydrogen) atoms. The summed E-state index contributed by atoms with van der Waals surface area (Å²) in [5.74, 6) is 1.84. The molecule has 0 aliphatic carbocycles. The Bertz CT molecular complexity index is 172. The van der Waals surface area contributed by atoms with Crippen molar-refractivity contribution in [2.75, 3.05) is 18.1 Å². The topological polar surface area (TPSA) is 49.3 Å². The van der Waals surface area contributed by atoms with Crippen LogP contribution in [0.3, 0.4) is 0 Å². The highest BCUT2D eigenvalue weighted by Crippen LogP contribution is 2.05. The lowest BCUT2D eigenvalue weighted by Gasteiger charge is -2.04. The molecule has 0 aromatic carbocycles. The molecule has 2 N–H and O–H groups in total. The minimum atomic E-state index is -0.198. The van der Waals surface area contributed by atoms with Gasteiger partial charge in [0.2, 0.25) is 5.91 Å². The first kappa shape index (κ1) is 13.5. The summed E-state index contributed by atoms with van der Waals surface area (Å²) in [5, 5.41) is 11.7. The summed E-state index contributed by atoms with van der Waals surface area (Å²) < 4.78 is 0. The minimum absolute atomic E-state index is 0.116. The molecule has 1 unspecified atom stereocenters. The Morgan fingerprint density at radius 3 is 2.93 bits per heavy atom. The fourth-order valence-corrected chi connectivity index (χ4v) is 1.72. The molecule has 0 saturated heterocycles. The second-order valence-corrected chi connectivity index (χ2v) is 4.32. The number of carbonyl (C=O) groups excluding carboxylic acids is 1. The van der Waals surface area contributed by atoms with Gasteiger partial charge in [0.25, 0.3) is 0 Å². The third-order valence-electron chi connectivity index (χ3n) is 1.64. The van der Waals surface area contributed by atoms with E-state index < -0.39 is 0 Å². The molecular formula is C10H19NO2S. The van der Waals surface area contributed by atoms with Gasteiger partial charge in [0.05, 0.1) is 6.10 Å². The molecule has 0 aromatic heterocycles. The van der Waals surface area contributed by atoms with E-state index in [9.17, 15) is 4.79 Å². The molecule has 4 heteroatoms. The third kappa shape index (κ3) is 9.61. The number of nitrogens with one attached hydrogen (secondary N) is 1. The van der Waals surface area contributed by atoms with Crippen molar-refractivity contribution in [3.05, 3.63) is 12.7 Å². The van der Waals surface area contributed by atoms with Gasteiger partial charge in [-0.1, -0.05) is 6.58 Å². The summed E-state index contributed by atoms with van der Waals surface area (Å²) in [5.41, 5.74) is 0. The molecule has 1 amide bonds. The van der Waals surface area contributed by atoms with Crippen LogP contribution in [0.2, 0.25) is 0 Å². The van der Waals surface area contributed by atoms with Crippen molar-refractivity contribution < 1.29 is 9.90 Å². The van der Waals surface area contributed by atoms with Crippen LogP contribution in [0.15, 0.2) is 12.7 Å². The number of hydrogen-bond donors (Lipinski definition) is 2. The Hall–Kier alpha value is -0.480. The van der Waals surface area contributed by atoms with E-state index in [-0.39, 0.29) is 12.0 Å². The molecular weight excluding hydrogens is 198 g/mol. The Kier molecular flexibility index (Phi) is 8.78. The molecule has 0 rings (SSSR count). The second kappa shape index (κ2) is 9.09. The van der Waals surface area contributed by atoms with Gasteiger partial charge >= 0.3 is 0 Å². The van der Waals surface area contributed by atoms with Crippen LogP contribution < -0.4 is 5.32 Å². The normalized spacial score (nSPS) is 12.1. The van der Waals surface area contributed by atoms with Crippen LogP contribution in [0.25, 0.3) is 0 Å². The zero-order valence-corrected chi connectivity index (χ0v) is 9.48. The van der Waals surface area contributed by atoms with Gasteiger partial charge in [0, 0.05) is 12.3 Å². The molecule has 0 aromatic rings. The standard InChI is InChI=1S/C10H19NO2S/c1-3-10(13)11-6-8-14-7-4-5-9(2)12/h3,9,12H,1,4-8H2,2H3,(H,11,13). The molecule has 82 valence electrons. The quantitative estimate of drug-likeness (QED) is 0.474. The van der Waals surface area contributed by atoms with Gasteiger partial charge in [0.15, 0.2) is 0 Å². The zero-order valence-electron chi connectivity index (χ0n) is 8.66. The van der Waals surface area contributed by atoms with Gasteiger partial charge in [-0.15, -0.1) is 0 Å². The first-order chi connectivity index (χ1) is 6.66. The maximum atomic E-state index is 10.7. The van der Waals surface area contributed by atoms with E-state index in [1.54, 1.807) is 18.7 Å². The molecule has 1 atom stereocenters. The monoisotopic (exact) mass is 217 g/mol. The largest absolute Gasteiger partial charge is 0.393 e. The highest BCUT2D eigenvalue weighted by atomic mass is 32.2. The fourth-order valence-electron chi connectivity index (χ4n) is 0.901. The Morgan fingerprint density at radius 2 is 2.36 bits per heavy atom. The predicted molar refractivity (Wildman–Crippen MR) is 61.4 cm³/mol. The van der Waals surface area contributed by atoms with Gasteiger partial charge in [-0.3, -0.25) is 4.79 Å². The molecule has 3 nitrogen and oxygen atoms in total. The first-order valence-corrected chi connectivity index (χ1v) is 5.98. The van der Waals surface area contributed by atoms with E-state index in [0.29, 0.717) is 6.54 Å². The van der Waals surface area contributed by atoms with Crippen LogP contribution in [-0.2, 0) is 4.79 Å². The van der Waals surface area contributed by atoms with E-state index >= 15 is 0 Å². The van der Waals surface area contributed by atoms with Crippen molar-refractivity contribution in [1.82, 2.24) is 5.32 Å². The summed E-state index contributed by atoms with van der Waals surface area (Å²) in [7, 11) is 0. The molecule has 0 saturated carbocycles. The van der Waals surface area contributed by atoms with Crippen molar-refractivity contribution >= 4 is 17.7 Å². The molecule has 0 radical (unpaired) electrons. The van der Waals surface area contributed by atoms with Gasteiger partial charge in [-0.25, -0.2) is 0 Å². The number of aliphatic hydroxyl groups excluding tert-OH is 1. The van der Waals surface area contributed by atoms with Gasteiger partial charge in [-0.2, -0.15) is 11.8 Å². The number of aliphatic hydroxyl groups is 1. The summed E-state index contributed by atoms with van der Waals surface area (Å²) in [4.78, 5) is 10.7. The van der Waals surface area contributed by atoms with Crippen LogP contribution in [0.5, 0.6) is 0 Å². The van der Waals surface area contributed by atoms with Crippen molar-refractivity contribution in [2.45, 2.75) is 25.9 Å². The lowest BCUT2D eigenvalue weighted by molar-refractivity contribution is -0.116. The van der Waals surface area contributed by atoms with Crippen molar-refractivity contribution in [1.29, 1.82) is 0 Å². The smallest absolute Gasteiger partial charge is 0.243 e. The highest BCUT2D eigenvalue weighted by Gasteiger charge is 1.96. The lowest BCUT2D eigenvalue weighted by atomic mass is 10.2. The minimum Gasteiger partial charge on any atom is -0.393 e. The Morgan fingerprint density at radius 1 is 1.64 bits per heavy atom. The summed E-state index contributed by atoms with van der Waals surface area (Å²) >= 11 is 1.79. The van der Waals surface area contributed by atoms with Gasteiger partial charge in [-0.05, 0) is 31.6 Å². The average Bonchev–Trinajstić information content (AvgIpc) is 2.15. The summed E-state index contributed by atoms with van der Waals surface area (Å²) in [6, 6.07) is 0. The molecule has 0 bridgehead atoms. The molecule has 0 fully saturated rings. The Balaban J connectivity index is 3.06. The van der Waals surface area contributed by atoms with E-state index in [1.807, 2.05) is 0 Å². The van der Waals surface area contributed by atoms with E-state index in [0.717, 1.165) is 24.3 Å². The van der Waals surface area contributed by atoms with Crippen molar-refractivity contribution in [3.63, 3.8) is 0 Å². The molecule has 0 aliphatic heterocycles. The van der Waals surface area contributed by atoms with E-state index in [1.165, 1.54) is 6.08 Å². The Labute approximate surface area is 90.0 Å².